The number of nitrogen functional groups attached to an aromatic ring is 1. The van der Waals surface area contributed by atoms with Gasteiger partial charge in [-0.05, 0) is 29.8 Å². The first kappa shape index (κ1) is 19.9. The number of H-pyrrole nitrogens is 1. The molecule has 0 fully saturated rings. The number of primary amides is 1. The van der Waals surface area contributed by atoms with Crippen LogP contribution in [0.25, 0.3) is 10.9 Å². The molecular weight excluding hydrogens is 403 g/mol. The average Bonchev–Trinajstić information content (AvgIpc) is 3.19. The molecule has 11 heteroatoms. The maximum atomic E-state index is 13.9. The van der Waals surface area contributed by atoms with Gasteiger partial charge in [-0.3, -0.25) is 19.6 Å². The molecule has 2 aromatic carbocycles. The third-order valence-corrected chi connectivity index (χ3v) is 4.72. The quantitative estimate of drug-likeness (QED) is 0.354. The van der Waals surface area contributed by atoms with Crippen LogP contribution in [0.3, 0.4) is 0 Å². The number of benzene rings is 2. The van der Waals surface area contributed by atoms with Gasteiger partial charge in [0, 0.05) is 5.39 Å². The Morgan fingerprint density at radius 2 is 1.87 bits per heavy atom. The number of nitrogens with two attached hydrogens (primary N) is 3. The summed E-state index contributed by atoms with van der Waals surface area (Å²) < 4.78 is 13.9. The molecule has 2 aromatic heterocycles. The zero-order chi connectivity index (χ0) is 22.1. The van der Waals surface area contributed by atoms with Crippen LogP contribution < -0.4 is 22.1 Å². The lowest BCUT2D eigenvalue weighted by Gasteiger charge is -2.29. The minimum Gasteiger partial charge on any atom is -0.383 e. The Morgan fingerprint density at radius 3 is 2.55 bits per heavy atom. The minimum absolute atomic E-state index is 0.0256. The second kappa shape index (κ2) is 7.80. The van der Waals surface area contributed by atoms with Crippen LogP contribution in [0.1, 0.15) is 32.4 Å². The molecular formula is C20H17FN8O2. The lowest BCUT2D eigenvalue weighted by Crippen LogP contribution is -2.40. The monoisotopic (exact) mass is 420 g/mol. The number of carbonyl (C=O) groups excluding carboxylic acids is 2. The van der Waals surface area contributed by atoms with Crippen LogP contribution in [-0.2, 0) is 0 Å². The maximum absolute atomic E-state index is 13.9. The molecule has 0 aliphatic rings. The number of nitrogens with one attached hydrogen (secondary N) is 1. The molecule has 31 heavy (non-hydrogen) atoms. The van der Waals surface area contributed by atoms with Gasteiger partial charge in [-0.15, -0.1) is 0 Å². The van der Waals surface area contributed by atoms with Gasteiger partial charge in [0.05, 0.1) is 17.3 Å². The van der Waals surface area contributed by atoms with Crippen LogP contribution in [0.5, 0.6) is 0 Å². The fourth-order valence-corrected chi connectivity index (χ4v) is 3.25. The van der Waals surface area contributed by atoms with Gasteiger partial charge in [-0.25, -0.2) is 14.4 Å². The van der Waals surface area contributed by atoms with Crippen LogP contribution in [-0.4, -0.2) is 32.0 Å². The van der Waals surface area contributed by atoms with Gasteiger partial charge < -0.3 is 17.2 Å². The largest absolute Gasteiger partial charge is 0.383 e. The molecule has 1 atom stereocenters. The first-order chi connectivity index (χ1) is 14.9. The summed E-state index contributed by atoms with van der Waals surface area (Å²) in [5.74, 6) is -1.73. The van der Waals surface area contributed by atoms with E-state index in [1.165, 1.54) is 36.8 Å². The minimum atomic E-state index is -1.15. The lowest BCUT2D eigenvalue weighted by atomic mass is 10.1. The molecule has 156 valence electrons. The predicted molar refractivity (Wildman–Crippen MR) is 111 cm³/mol. The topological polar surface area (TPSA) is 170 Å². The Balaban J connectivity index is 1.95. The Labute approximate surface area is 174 Å². The van der Waals surface area contributed by atoms with Crippen molar-refractivity contribution in [3.8, 4) is 0 Å². The average molecular weight is 420 g/mol. The highest BCUT2D eigenvalue weighted by Crippen LogP contribution is 2.31. The number of rotatable bonds is 5. The summed E-state index contributed by atoms with van der Waals surface area (Å²) in [6.07, 6.45) is 1.29. The van der Waals surface area contributed by atoms with Crippen molar-refractivity contribution in [1.29, 1.82) is 0 Å². The van der Waals surface area contributed by atoms with Crippen LogP contribution >= 0.6 is 0 Å². The van der Waals surface area contributed by atoms with E-state index < -0.39 is 23.8 Å². The van der Waals surface area contributed by atoms with Crippen LogP contribution in [0.15, 0.2) is 55.0 Å². The summed E-state index contributed by atoms with van der Waals surface area (Å²) in [5.41, 5.74) is 18.4. The molecule has 0 bridgehead atoms. The number of carbonyl (C=O) groups is 2. The van der Waals surface area contributed by atoms with Crippen molar-refractivity contribution in [2.45, 2.75) is 6.17 Å². The number of hydrogen-bond donors (Lipinski definition) is 4. The van der Waals surface area contributed by atoms with Crippen LogP contribution in [0, 0.1) is 5.82 Å². The van der Waals surface area contributed by atoms with E-state index >= 15 is 0 Å². The second-order valence-electron chi connectivity index (χ2n) is 6.64. The van der Waals surface area contributed by atoms with Gasteiger partial charge in [0.1, 0.15) is 35.5 Å². The summed E-state index contributed by atoms with van der Waals surface area (Å²) in [6.45, 7) is 0. The number of fused-ring (bicyclic) bond motifs is 1. The van der Waals surface area contributed by atoms with E-state index in [-0.39, 0.29) is 28.3 Å². The molecule has 4 aromatic rings. The number of hydrogen-bond acceptors (Lipinski definition) is 7. The Hall–Kier alpha value is -4.38. The number of anilines is 2. The van der Waals surface area contributed by atoms with Crippen LogP contribution in [0.4, 0.5) is 16.0 Å². The molecule has 2 amide bonds. The molecule has 10 nitrogen and oxygen atoms in total. The number of nitrogens with zero attached hydrogens (tertiary/aromatic N) is 4. The number of para-hydroxylation sites is 1. The van der Waals surface area contributed by atoms with Gasteiger partial charge in [0.2, 0.25) is 0 Å². The summed E-state index contributed by atoms with van der Waals surface area (Å²) in [6, 6.07) is 10.2. The van der Waals surface area contributed by atoms with E-state index in [9.17, 15) is 14.0 Å². The summed E-state index contributed by atoms with van der Waals surface area (Å²) in [7, 11) is 0. The SMILES string of the molecule is NC(=O)c1cccc2c(N(C(=O)c3cn[nH]c3N)C(N)c3cccc(F)c3)ncnc12. The van der Waals surface area contributed by atoms with Gasteiger partial charge in [0.15, 0.2) is 0 Å². The fourth-order valence-electron chi connectivity index (χ4n) is 3.25. The highest BCUT2D eigenvalue weighted by Gasteiger charge is 2.30. The van der Waals surface area contributed by atoms with Gasteiger partial charge >= 0.3 is 0 Å². The standard InChI is InChI=1S/C20H17FN8O2/c21-11-4-1-3-10(7-11)17(23)29(20(31)14-8-27-28-16(14)22)19-13-6-2-5-12(18(24)30)15(13)25-9-26-19/h1-9,17H,23H2,(H2,24,30)(H3,22,27,28). The predicted octanol–water partition coefficient (Wildman–Crippen LogP) is 1.48. The van der Waals surface area contributed by atoms with E-state index in [4.69, 9.17) is 17.2 Å². The molecule has 7 N–H and O–H groups in total. The lowest BCUT2D eigenvalue weighted by molar-refractivity contribution is 0.0975. The van der Waals surface area contributed by atoms with Crippen molar-refractivity contribution in [2.75, 3.05) is 10.6 Å². The zero-order valence-electron chi connectivity index (χ0n) is 16.0. The van der Waals surface area contributed by atoms with Crippen molar-refractivity contribution >= 4 is 34.4 Å². The van der Waals surface area contributed by atoms with Crippen molar-refractivity contribution < 1.29 is 14.0 Å². The number of amides is 2. The summed E-state index contributed by atoms with van der Waals surface area (Å²) >= 11 is 0. The highest BCUT2D eigenvalue weighted by molar-refractivity contribution is 6.13. The zero-order valence-corrected chi connectivity index (χ0v) is 16.0. The van der Waals surface area contributed by atoms with Crippen molar-refractivity contribution in [1.82, 2.24) is 20.2 Å². The van der Waals surface area contributed by atoms with Crippen molar-refractivity contribution in [3.63, 3.8) is 0 Å². The first-order valence-corrected chi connectivity index (χ1v) is 9.05. The number of aromatic nitrogens is 4. The molecule has 0 aliphatic carbocycles. The van der Waals surface area contributed by atoms with Crippen LogP contribution in [0.2, 0.25) is 0 Å². The van der Waals surface area contributed by atoms with E-state index in [2.05, 4.69) is 20.2 Å². The highest BCUT2D eigenvalue weighted by atomic mass is 19.1. The third kappa shape index (κ3) is 3.53. The summed E-state index contributed by atoms with van der Waals surface area (Å²) in [4.78, 5) is 34.8. The van der Waals surface area contributed by atoms with E-state index in [1.54, 1.807) is 18.2 Å². The van der Waals surface area contributed by atoms with Crippen molar-refractivity contribution in [3.05, 3.63) is 77.5 Å². The van der Waals surface area contributed by atoms with E-state index in [1.807, 2.05) is 0 Å². The van der Waals surface area contributed by atoms with Gasteiger partial charge in [0.25, 0.3) is 11.8 Å². The molecule has 0 saturated heterocycles. The fraction of sp³-hybridized carbons (Fsp3) is 0.0500. The Bertz CT molecular complexity index is 1310. The molecule has 0 saturated carbocycles. The third-order valence-electron chi connectivity index (χ3n) is 4.72. The summed E-state index contributed by atoms with van der Waals surface area (Å²) in [5, 5.41) is 6.61. The number of aromatic amines is 1. The molecule has 4 rings (SSSR count). The van der Waals surface area contributed by atoms with Gasteiger partial charge in [-0.2, -0.15) is 5.10 Å². The molecule has 0 radical (unpaired) electrons. The smallest absolute Gasteiger partial charge is 0.266 e. The second-order valence-corrected chi connectivity index (χ2v) is 6.64. The first-order valence-electron chi connectivity index (χ1n) is 9.05. The van der Waals surface area contributed by atoms with E-state index in [0.29, 0.717) is 10.9 Å². The molecule has 2 heterocycles. The van der Waals surface area contributed by atoms with Gasteiger partial charge in [-0.1, -0.05) is 18.2 Å². The molecule has 0 spiro atoms. The van der Waals surface area contributed by atoms with E-state index in [0.717, 1.165) is 4.90 Å². The molecule has 1 unspecified atom stereocenters. The Morgan fingerprint density at radius 1 is 1.10 bits per heavy atom. The normalized spacial score (nSPS) is 11.9. The maximum Gasteiger partial charge on any atom is 0.266 e. The van der Waals surface area contributed by atoms with Crippen molar-refractivity contribution in [2.24, 2.45) is 11.5 Å². The number of halogens is 1. The Kier molecular flexibility index (Phi) is 5.01. The molecule has 0 aliphatic heterocycles.